The van der Waals surface area contributed by atoms with Gasteiger partial charge in [-0.3, -0.25) is 19.2 Å². The number of hydrogen-bond donors (Lipinski definition) is 1. The lowest BCUT2D eigenvalue weighted by molar-refractivity contribution is -0.385. The van der Waals surface area contributed by atoms with E-state index in [9.17, 15) is 23.3 Å². The highest BCUT2D eigenvalue weighted by Crippen LogP contribution is 2.35. The SMILES string of the molecule is COc1ccc(/C=N\NC(=O)CN(c2cc(Cl)ccc2OC)S(=O)(=O)c2ccc(C)c([N+](=O)[O-])c2)cc1. The molecule has 13 heteroatoms. The molecule has 0 atom stereocenters. The molecule has 1 N–H and O–H groups in total. The van der Waals surface area contributed by atoms with Gasteiger partial charge in [-0.15, -0.1) is 0 Å². The molecule has 3 aromatic carbocycles. The van der Waals surface area contributed by atoms with E-state index in [0.29, 0.717) is 11.3 Å². The van der Waals surface area contributed by atoms with Gasteiger partial charge in [0.25, 0.3) is 21.6 Å². The molecule has 0 aromatic heterocycles. The van der Waals surface area contributed by atoms with E-state index >= 15 is 0 Å². The Morgan fingerprint density at radius 3 is 2.43 bits per heavy atom. The number of nitro groups is 1. The van der Waals surface area contributed by atoms with Crippen LogP contribution in [0.5, 0.6) is 11.5 Å². The van der Waals surface area contributed by atoms with E-state index < -0.39 is 27.4 Å². The number of ether oxygens (including phenoxy) is 2. The van der Waals surface area contributed by atoms with E-state index in [-0.39, 0.29) is 32.6 Å². The number of methoxy groups -OCH3 is 2. The zero-order valence-corrected chi connectivity index (χ0v) is 21.6. The largest absolute Gasteiger partial charge is 0.497 e. The molecule has 0 saturated heterocycles. The summed E-state index contributed by atoms with van der Waals surface area (Å²) in [7, 11) is -1.63. The van der Waals surface area contributed by atoms with Crippen molar-refractivity contribution in [2.24, 2.45) is 5.10 Å². The monoisotopic (exact) mass is 546 g/mol. The lowest BCUT2D eigenvalue weighted by Gasteiger charge is -2.25. The Morgan fingerprint density at radius 1 is 1.11 bits per heavy atom. The highest BCUT2D eigenvalue weighted by atomic mass is 35.5. The second kappa shape index (κ2) is 11.7. The maximum Gasteiger partial charge on any atom is 0.273 e. The Hall–Kier alpha value is -4.16. The standard InChI is InChI=1S/C24H23ClN4O7S/c1-16-4-10-20(13-21(16)29(31)32)37(33,34)28(22-12-18(25)7-11-23(22)36-3)15-24(30)27-26-14-17-5-8-19(35-2)9-6-17/h4-14H,15H2,1-3H3,(H,27,30)/b26-14-. The van der Waals surface area contributed by atoms with Crippen molar-refractivity contribution in [3.8, 4) is 11.5 Å². The van der Waals surface area contributed by atoms with Crippen LogP contribution in [-0.4, -0.2) is 46.2 Å². The van der Waals surface area contributed by atoms with Crippen molar-refractivity contribution >= 4 is 45.1 Å². The maximum absolute atomic E-state index is 13.7. The second-order valence-electron chi connectivity index (χ2n) is 7.60. The van der Waals surface area contributed by atoms with E-state index in [0.717, 1.165) is 10.4 Å². The molecule has 11 nitrogen and oxygen atoms in total. The topological polar surface area (TPSA) is 140 Å². The third kappa shape index (κ3) is 6.54. The number of nitrogens with zero attached hydrogens (tertiary/aromatic N) is 3. The van der Waals surface area contributed by atoms with Crippen molar-refractivity contribution in [3.63, 3.8) is 0 Å². The Labute approximate surface area is 218 Å². The molecule has 1 amide bonds. The Bertz CT molecular complexity index is 1440. The molecule has 0 heterocycles. The number of hydrogen-bond acceptors (Lipinski definition) is 8. The first-order chi connectivity index (χ1) is 17.6. The van der Waals surface area contributed by atoms with Gasteiger partial charge in [-0.2, -0.15) is 5.10 Å². The number of carbonyl (C=O) groups is 1. The van der Waals surface area contributed by atoms with Crippen LogP contribution < -0.4 is 19.2 Å². The van der Waals surface area contributed by atoms with Crippen LogP contribution in [0.15, 0.2) is 70.7 Å². The lowest BCUT2D eigenvalue weighted by atomic mass is 10.2. The first kappa shape index (κ1) is 27.4. The number of hydrazone groups is 1. The third-order valence-electron chi connectivity index (χ3n) is 5.18. The van der Waals surface area contributed by atoms with Gasteiger partial charge in [-0.05, 0) is 61.0 Å². The van der Waals surface area contributed by atoms with Crippen LogP contribution in [0.1, 0.15) is 11.1 Å². The predicted molar refractivity (Wildman–Crippen MR) is 139 cm³/mol. The molecule has 0 aliphatic heterocycles. The van der Waals surface area contributed by atoms with Crippen molar-refractivity contribution in [1.82, 2.24) is 5.43 Å². The van der Waals surface area contributed by atoms with Gasteiger partial charge in [-0.1, -0.05) is 17.7 Å². The van der Waals surface area contributed by atoms with E-state index in [2.05, 4.69) is 10.5 Å². The summed E-state index contributed by atoms with van der Waals surface area (Å²) in [5.41, 5.74) is 2.81. The van der Waals surface area contributed by atoms with Gasteiger partial charge in [0.05, 0.1) is 35.9 Å². The van der Waals surface area contributed by atoms with E-state index in [4.69, 9.17) is 21.1 Å². The zero-order valence-electron chi connectivity index (χ0n) is 20.0. The second-order valence-corrected chi connectivity index (χ2v) is 9.90. The van der Waals surface area contributed by atoms with E-state index in [1.807, 2.05) is 0 Å². The molecular formula is C24H23ClN4O7S. The fraction of sp³-hybridized carbons (Fsp3) is 0.167. The summed E-state index contributed by atoms with van der Waals surface area (Å²) in [6, 6.07) is 14.6. The number of anilines is 1. The van der Waals surface area contributed by atoms with Gasteiger partial charge < -0.3 is 9.47 Å². The summed E-state index contributed by atoms with van der Waals surface area (Å²) in [4.78, 5) is 23.1. The number of benzene rings is 3. The molecule has 0 fully saturated rings. The van der Waals surface area contributed by atoms with Gasteiger partial charge >= 0.3 is 0 Å². The minimum Gasteiger partial charge on any atom is -0.497 e. The fourth-order valence-corrected chi connectivity index (χ4v) is 4.88. The highest BCUT2D eigenvalue weighted by molar-refractivity contribution is 7.92. The number of carbonyl (C=O) groups excluding carboxylic acids is 1. The molecule has 0 bridgehead atoms. The molecule has 3 aromatic rings. The average Bonchev–Trinajstić information content (AvgIpc) is 2.87. The van der Waals surface area contributed by atoms with Gasteiger partial charge in [-0.25, -0.2) is 13.8 Å². The molecule has 37 heavy (non-hydrogen) atoms. The van der Waals surface area contributed by atoms with Crippen LogP contribution in [0.2, 0.25) is 5.02 Å². The van der Waals surface area contributed by atoms with Gasteiger partial charge in [0, 0.05) is 16.7 Å². The average molecular weight is 547 g/mol. The van der Waals surface area contributed by atoms with Crippen LogP contribution in [0.3, 0.4) is 0 Å². The molecule has 0 saturated carbocycles. The molecule has 0 unspecified atom stereocenters. The van der Waals surface area contributed by atoms with Crippen molar-refractivity contribution in [2.75, 3.05) is 25.1 Å². The first-order valence-electron chi connectivity index (χ1n) is 10.6. The molecule has 0 aliphatic rings. The smallest absolute Gasteiger partial charge is 0.273 e. The van der Waals surface area contributed by atoms with E-state index in [1.165, 1.54) is 57.7 Å². The van der Waals surface area contributed by atoms with E-state index in [1.54, 1.807) is 24.3 Å². The quantitative estimate of drug-likeness (QED) is 0.231. The lowest BCUT2D eigenvalue weighted by Crippen LogP contribution is -2.39. The number of amides is 1. The summed E-state index contributed by atoms with van der Waals surface area (Å²) in [6.07, 6.45) is 1.37. The van der Waals surface area contributed by atoms with Crippen LogP contribution >= 0.6 is 11.6 Å². The Morgan fingerprint density at radius 2 is 1.81 bits per heavy atom. The highest BCUT2D eigenvalue weighted by Gasteiger charge is 2.31. The van der Waals surface area contributed by atoms with Crippen LogP contribution in [0, 0.1) is 17.0 Å². The van der Waals surface area contributed by atoms with Gasteiger partial charge in [0.2, 0.25) is 0 Å². The molecule has 0 radical (unpaired) electrons. The molecule has 0 spiro atoms. The summed E-state index contributed by atoms with van der Waals surface area (Å²) in [5.74, 6) is -0.0186. The molecule has 194 valence electrons. The Balaban J connectivity index is 1.97. The minimum atomic E-state index is -4.49. The van der Waals surface area contributed by atoms with Crippen LogP contribution in [-0.2, 0) is 14.8 Å². The number of aryl methyl sites for hydroxylation is 1. The number of halogens is 1. The van der Waals surface area contributed by atoms with Crippen molar-refractivity contribution in [3.05, 3.63) is 86.9 Å². The number of nitro benzene ring substituents is 1. The third-order valence-corrected chi connectivity index (χ3v) is 7.17. The number of sulfonamides is 1. The molecular weight excluding hydrogens is 524 g/mol. The first-order valence-corrected chi connectivity index (χ1v) is 12.5. The Kier molecular flexibility index (Phi) is 8.69. The zero-order chi connectivity index (χ0) is 27.2. The minimum absolute atomic E-state index is 0.0347. The molecule has 3 rings (SSSR count). The van der Waals surface area contributed by atoms with Gasteiger partial charge in [0.15, 0.2) is 0 Å². The number of nitrogens with one attached hydrogen (secondary N) is 1. The summed E-state index contributed by atoms with van der Waals surface area (Å²) < 4.78 is 38.5. The normalized spacial score (nSPS) is 11.2. The van der Waals surface area contributed by atoms with Crippen molar-refractivity contribution in [2.45, 2.75) is 11.8 Å². The maximum atomic E-state index is 13.7. The number of rotatable bonds is 10. The van der Waals surface area contributed by atoms with Crippen LogP contribution in [0.4, 0.5) is 11.4 Å². The van der Waals surface area contributed by atoms with Crippen LogP contribution in [0.25, 0.3) is 0 Å². The fourth-order valence-electron chi connectivity index (χ4n) is 3.27. The van der Waals surface area contributed by atoms with Crippen molar-refractivity contribution in [1.29, 1.82) is 0 Å². The van der Waals surface area contributed by atoms with Gasteiger partial charge in [0.1, 0.15) is 18.0 Å². The molecule has 0 aliphatic carbocycles. The summed E-state index contributed by atoms with van der Waals surface area (Å²) in [6.45, 7) is 0.765. The summed E-state index contributed by atoms with van der Waals surface area (Å²) >= 11 is 6.11. The van der Waals surface area contributed by atoms with Crippen molar-refractivity contribution < 1.29 is 27.6 Å². The predicted octanol–water partition coefficient (Wildman–Crippen LogP) is 3.92. The summed E-state index contributed by atoms with van der Waals surface area (Å²) in [5, 5.41) is 15.5.